The molecule has 0 aliphatic carbocycles. The summed E-state index contributed by atoms with van der Waals surface area (Å²) in [7, 11) is 1.84. The number of halogens is 1. The first-order valence-corrected chi connectivity index (χ1v) is 6.22. The van der Waals surface area contributed by atoms with E-state index in [9.17, 15) is 0 Å². The molecule has 0 atom stereocenters. The van der Waals surface area contributed by atoms with Crippen molar-refractivity contribution >= 4 is 17.3 Å². The van der Waals surface area contributed by atoms with Gasteiger partial charge in [-0.2, -0.15) is 0 Å². The summed E-state index contributed by atoms with van der Waals surface area (Å²) >= 11 is 6.18. The van der Waals surface area contributed by atoms with Gasteiger partial charge in [0.25, 0.3) is 0 Å². The van der Waals surface area contributed by atoms with Gasteiger partial charge in [-0.15, -0.1) is 10.2 Å². The van der Waals surface area contributed by atoms with Crippen molar-refractivity contribution in [2.75, 3.05) is 5.32 Å². The molecule has 2 heterocycles. The average molecular weight is 291 g/mol. The Labute approximate surface area is 119 Å². The number of nitrogens with zero attached hydrogens (tertiary/aromatic N) is 7. The zero-order chi connectivity index (χ0) is 13.9. The van der Waals surface area contributed by atoms with Crippen molar-refractivity contribution < 1.29 is 0 Å². The number of nitrogens with one attached hydrogen (secondary N) is 1. The quantitative estimate of drug-likeness (QED) is 0.773. The summed E-state index contributed by atoms with van der Waals surface area (Å²) < 4.78 is 3.26. The monoisotopic (exact) mass is 290 g/mol. The minimum Gasteiger partial charge on any atom is -0.378 e. The summed E-state index contributed by atoms with van der Waals surface area (Å²) in [6, 6.07) is 5.51. The molecule has 3 aromatic rings. The standard InChI is InChI=1S/C11H11ClN8/c1-19-9(6-14-17-19)5-13-11-4-8(2-3-10(11)12)20-7-15-16-18-20/h2-4,6-7,13H,5H2,1H3. The number of rotatable bonds is 4. The fourth-order valence-electron chi connectivity index (χ4n) is 1.73. The number of tetrazole rings is 1. The summed E-state index contributed by atoms with van der Waals surface area (Å²) in [5.41, 5.74) is 2.57. The van der Waals surface area contributed by atoms with Crippen LogP contribution in [0.4, 0.5) is 5.69 Å². The van der Waals surface area contributed by atoms with Gasteiger partial charge in [-0.25, -0.2) is 4.68 Å². The molecular weight excluding hydrogens is 280 g/mol. The van der Waals surface area contributed by atoms with Gasteiger partial charge < -0.3 is 5.32 Å². The third kappa shape index (κ3) is 2.45. The maximum atomic E-state index is 6.18. The maximum absolute atomic E-state index is 6.18. The van der Waals surface area contributed by atoms with Gasteiger partial charge in [-0.05, 0) is 28.6 Å². The molecule has 0 unspecified atom stereocenters. The van der Waals surface area contributed by atoms with Crippen LogP contribution in [0.25, 0.3) is 5.69 Å². The van der Waals surface area contributed by atoms with Gasteiger partial charge in [0.05, 0.1) is 34.8 Å². The van der Waals surface area contributed by atoms with Gasteiger partial charge >= 0.3 is 0 Å². The van der Waals surface area contributed by atoms with Gasteiger partial charge in [-0.1, -0.05) is 16.8 Å². The first kappa shape index (κ1) is 12.5. The van der Waals surface area contributed by atoms with Crippen LogP contribution in [0, 0.1) is 0 Å². The highest BCUT2D eigenvalue weighted by molar-refractivity contribution is 6.33. The molecule has 0 saturated heterocycles. The molecule has 1 N–H and O–H groups in total. The molecule has 1 aromatic carbocycles. The lowest BCUT2D eigenvalue weighted by molar-refractivity contribution is 0.683. The Balaban J connectivity index is 1.82. The van der Waals surface area contributed by atoms with Crippen molar-refractivity contribution in [1.29, 1.82) is 0 Å². The van der Waals surface area contributed by atoms with Crippen molar-refractivity contribution in [3.8, 4) is 5.69 Å². The van der Waals surface area contributed by atoms with Gasteiger partial charge in [0.1, 0.15) is 6.33 Å². The second kappa shape index (κ2) is 5.25. The van der Waals surface area contributed by atoms with Crippen molar-refractivity contribution in [3.63, 3.8) is 0 Å². The van der Waals surface area contributed by atoms with E-state index in [-0.39, 0.29) is 0 Å². The number of aromatic nitrogens is 7. The minimum atomic E-state index is 0.572. The van der Waals surface area contributed by atoms with Gasteiger partial charge in [0.2, 0.25) is 0 Å². The van der Waals surface area contributed by atoms with Crippen LogP contribution in [0.2, 0.25) is 5.02 Å². The van der Waals surface area contributed by atoms with Crippen molar-refractivity contribution in [2.24, 2.45) is 7.05 Å². The van der Waals surface area contributed by atoms with E-state index in [1.807, 2.05) is 19.2 Å². The van der Waals surface area contributed by atoms with Crippen molar-refractivity contribution in [1.82, 2.24) is 35.2 Å². The van der Waals surface area contributed by atoms with E-state index >= 15 is 0 Å². The van der Waals surface area contributed by atoms with E-state index < -0.39 is 0 Å². The van der Waals surface area contributed by atoms with Crippen LogP contribution in [0.15, 0.2) is 30.7 Å². The minimum absolute atomic E-state index is 0.572. The summed E-state index contributed by atoms with van der Waals surface area (Å²) in [5, 5.41) is 22.6. The Bertz CT molecular complexity index is 705. The largest absolute Gasteiger partial charge is 0.378 e. The highest BCUT2D eigenvalue weighted by Gasteiger charge is 2.06. The van der Waals surface area contributed by atoms with Crippen LogP contribution in [0.1, 0.15) is 5.69 Å². The molecule has 0 aliphatic rings. The zero-order valence-electron chi connectivity index (χ0n) is 10.6. The topological polar surface area (TPSA) is 86.3 Å². The second-order valence-corrected chi connectivity index (χ2v) is 4.53. The van der Waals surface area contributed by atoms with E-state index in [2.05, 4.69) is 31.2 Å². The normalized spacial score (nSPS) is 10.7. The number of aryl methyl sites for hydroxylation is 1. The average Bonchev–Trinajstić information content (AvgIpc) is 3.10. The fourth-order valence-corrected chi connectivity index (χ4v) is 1.91. The third-order valence-corrected chi connectivity index (χ3v) is 3.16. The summed E-state index contributed by atoms with van der Waals surface area (Å²) in [6.07, 6.45) is 3.23. The van der Waals surface area contributed by atoms with Gasteiger partial charge in [-0.3, -0.25) is 4.68 Å². The highest BCUT2D eigenvalue weighted by atomic mass is 35.5. The van der Waals surface area contributed by atoms with Crippen LogP contribution in [-0.4, -0.2) is 35.2 Å². The molecule has 2 aromatic heterocycles. The molecule has 0 aliphatic heterocycles. The molecule has 8 nitrogen and oxygen atoms in total. The smallest absolute Gasteiger partial charge is 0.143 e. The van der Waals surface area contributed by atoms with E-state index in [1.165, 1.54) is 6.33 Å². The van der Waals surface area contributed by atoms with Crippen LogP contribution in [-0.2, 0) is 13.6 Å². The lowest BCUT2D eigenvalue weighted by Crippen LogP contribution is -2.06. The Hall–Kier alpha value is -2.48. The molecule has 0 radical (unpaired) electrons. The Morgan fingerprint density at radius 2 is 2.15 bits per heavy atom. The lowest BCUT2D eigenvalue weighted by atomic mass is 10.2. The summed E-state index contributed by atoms with van der Waals surface area (Å²) in [4.78, 5) is 0. The summed E-state index contributed by atoms with van der Waals surface area (Å²) in [5.74, 6) is 0. The first-order valence-electron chi connectivity index (χ1n) is 5.84. The molecule has 0 amide bonds. The SMILES string of the molecule is Cn1nncc1CNc1cc(-n2cnnn2)ccc1Cl. The Kier molecular flexibility index (Phi) is 3.30. The van der Waals surface area contributed by atoms with Crippen LogP contribution >= 0.6 is 11.6 Å². The van der Waals surface area contributed by atoms with Crippen LogP contribution in [0.5, 0.6) is 0 Å². The first-order chi connectivity index (χ1) is 9.74. The number of benzene rings is 1. The molecule has 0 saturated carbocycles. The molecule has 0 bridgehead atoms. The molecule has 9 heteroatoms. The molecule has 20 heavy (non-hydrogen) atoms. The third-order valence-electron chi connectivity index (χ3n) is 2.83. The Morgan fingerprint density at radius 1 is 1.25 bits per heavy atom. The zero-order valence-corrected chi connectivity index (χ0v) is 11.4. The number of hydrogen-bond acceptors (Lipinski definition) is 6. The predicted molar refractivity (Wildman–Crippen MR) is 72.5 cm³/mol. The predicted octanol–water partition coefficient (Wildman–Crippen LogP) is 1.06. The van der Waals surface area contributed by atoms with Crippen LogP contribution < -0.4 is 5.32 Å². The fraction of sp³-hybridized carbons (Fsp3) is 0.182. The Morgan fingerprint density at radius 3 is 2.85 bits per heavy atom. The molecule has 0 fully saturated rings. The molecule has 0 spiro atoms. The summed E-state index contributed by atoms with van der Waals surface area (Å²) in [6.45, 7) is 0.572. The van der Waals surface area contributed by atoms with E-state index in [1.54, 1.807) is 21.6 Å². The van der Waals surface area contributed by atoms with Crippen molar-refractivity contribution in [2.45, 2.75) is 6.54 Å². The molecule has 102 valence electrons. The van der Waals surface area contributed by atoms with E-state index in [4.69, 9.17) is 11.6 Å². The van der Waals surface area contributed by atoms with Crippen LogP contribution in [0.3, 0.4) is 0 Å². The highest BCUT2D eigenvalue weighted by Crippen LogP contribution is 2.24. The van der Waals surface area contributed by atoms with E-state index in [0.29, 0.717) is 11.6 Å². The molecular formula is C11H11ClN8. The number of hydrogen-bond donors (Lipinski definition) is 1. The lowest BCUT2D eigenvalue weighted by Gasteiger charge is -2.10. The number of anilines is 1. The van der Waals surface area contributed by atoms with Gasteiger partial charge in [0.15, 0.2) is 0 Å². The second-order valence-electron chi connectivity index (χ2n) is 4.12. The van der Waals surface area contributed by atoms with E-state index in [0.717, 1.165) is 17.1 Å². The van der Waals surface area contributed by atoms with Gasteiger partial charge in [0, 0.05) is 7.05 Å². The molecule has 3 rings (SSSR count). The maximum Gasteiger partial charge on any atom is 0.143 e. The van der Waals surface area contributed by atoms with Crippen molar-refractivity contribution in [3.05, 3.63) is 41.4 Å².